The van der Waals surface area contributed by atoms with Crippen LogP contribution < -0.4 is 0 Å². The smallest absolute Gasteiger partial charge is 0.184 e. The molecule has 9 atom stereocenters. The molecule has 1 nitrogen and oxygen atoms in total. The van der Waals surface area contributed by atoms with Crippen molar-refractivity contribution in [2.24, 2.45) is 52.3 Å². The van der Waals surface area contributed by atoms with Gasteiger partial charge in [-0.05, 0) is 123 Å². The van der Waals surface area contributed by atoms with Crippen molar-refractivity contribution in [3.8, 4) is 0 Å². The van der Waals surface area contributed by atoms with E-state index in [1.165, 1.54) is 64.2 Å². The third kappa shape index (κ3) is 4.96. The first-order valence-corrected chi connectivity index (χ1v) is 18.1. The molecule has 0 bridgehead atoms. The molecule has 0 aromatic heterocycles. The van der Waals surface area contributed by atoms with Crippen molar-refractivity contribution < 1.29 is 4.43 Å². The molecule has 0 saturated heterocycles. The fraction of sp³-hybridized carbons (Fsp3) is 0.935. The third-order valence-corrected chi connectivity index (χ3v) is 12.6. The van der Waals surface area contributed by atoms with E-state index in [0.29, 0.717) is 16.9 Å². The summed E-state index contributed by atoms with van der Waals surface area (Å²) in [5, 5.41) is 0. The molecule has 9 unspecified atom stereocenters. The Morgan fingerprint density at radius 3 is 2.24 bits per heavy atom. The first kappa shape index (κ1) is 26.0. The van der Waals surface area contributed by atoms with E-state index < -0.39 is 8.32 Å². The van der Waals surface area contributed by atoms with Gasteiger partial charge in [0.1, 0.15) is 0 Å². The Labute approximate surface area is 208 Å². The van der Waals surface area contributed by atoms with Crippen LogP contribution in [-0.4, -0.2) is 14.4 Å². The van der Waals surface area contributed by atoms with E-state index in [0.717, 1.165) is 41.4 Å². The Balaban J connectivity index is 1.46. The number of hydrogen-bond donors (Lipinski definition) is 0. The van der Waals surface area contributed by atoms with Crippen molar-refractivity contribution in [2.45, 2.75) is 131 Å². The first-order chi connectivity index (χ1) is 15.3. The minimum absolute atomic E-state index is 0.529. The van der Waals surface area contributed by atoms with Gasteiger partial charge in [-0.25, -0.2) is 0 Å². The number of allylic oxidation sites excluding steroid dienone is 2. The molecule has 4 rings (SSSR count). The zero-order valence-corrected chi connectivity index (χ0v) is 24.7. The van der Waals surface area contributed by atoms with Gasteiger partial charge in [0, 0.05) is 6.10 Å². The van der Waals surface area contributed by atoms with E-state index >= 15 is 0 Å². The summed E-state index contributed by atoms with van der Waals surface area (Å²) in [4.78, 5) is 0. The lowest BCUT2D eigenvalue weighted by Crippen LogP contribution is -2.50. The number of rotatable bonds is 7. The van der Waals surface area contributed by atoms with Gasteiger partial charge in [-0.15, -0.1) is 0 Å². The largest absolute Gasteiger partial charge is 0.415 e. The van der Waals surface area contributed by atoms with Crippen LogP contribution in [0, 0.1) is 52.3 Å². The van der Waals surface area contributed by atoms with Crippen LogP contribution in [-0.2, 0) is 4.43 Å². The zero-order chi connectivity index (χ0) is 24.2. The van der Waals surface area contributed by atoms with Crippen molar-refractivity contribution in [2.75, 3.05) is 0 Å². The SMILES string of the molecule is CC(C)C(C)CCC(C)C1CCC2C3=CCC4CC(O[Si](C)(C)C)CCC4(C)C3CCC21C. The molecule has 2 heteroatoms. The van der Waals surface area contributed by atoms with Gasteiger partial charge >= 0.3 is 0 Å². The zero-order valence-electron chi connectivity index (χ0n) is 23.7. The van der Waals surface area contributed by atoms with Gasteiger partial charge < -0.3 is 4.43 Å². The van der Waals surface area contributed by atoms with Gasteiger partial charge in [-0.2, -0.15) is 0 Å². The van der Waals surface area contributed by atoms with Crippen molar-refractivity contribution in [3.05, 3.63) is 11.6 Å². The molecule has 3 fully saturated rings. The van der Waals surface area contributed by atoms with Gasteiger partial charge in [0.05, 0.1) is 0 Å². The van der Waals surface area contributed by atoms with E-state index in [1.807, 2.05) is 5.57 Å². The molecule has 0 radical (unpaired) electrons. The monoisotopic (exact) mass is 472 g/mol. The Bertz CT molecular complexity index is 719. The topological polar surface area (TPSA) is 9.23 Å². The summed E-state index contributed by atoms with van der Waals surface area (Å²) in [6.45, 7) is 22.4. The molecule has 0 aliphatic heterocycles. The second-order valence-electron chi connectivity index (χ2n) is 14.9. The van der Waals surface area contributed by atoms with Crippen LogP contribution in [0.2, 0.25) is 19.6 Å². The second kappa shape index (κ2) is 9.42. The highest BCUT2D eigenvalue weighted by atomic mass is 28.4. The van der Waals surface area contributed by atoms with E-state index in [1.54, 1.807) is 0 Å². The van der Waals surface area contributed by atoms with Gasteiger partial charge in [0.15, 0.2) is 8.32 Å². The maximum Gasteiger partial charge on any atom is 0.184 e. The molecule has 0 heterocycles. The van der Waals surface area contributed by atoms with E-state index in [-0.39, 0.29) is 0 Å². The molecule has 0 aromatic rings. The summed E-state index contributed by atoms with van der Waals surface area (Å²) < 4.78 is 6.61. The lowest BCUT2D eigenvalue weighted by molar-refractivity contribution is -0.0385. The Hall–Kier alpha value is -0.0831. The highest BCUT2D eigenvalue weighted by Crippen LogP contribution is 2.67. The summed E-state index contributed by atoms with van der Waals surface area (Å²) >= 11 is 0. The van der Waals surface area contributed by atoms with E-state index in [9.17, 15) is 0 Å². The highest BCUT2D eigenvalue weighted by molar-refractivity contribution is 6.69. The standard InChI is InChI=1S/C31H56OSi/c1-21(2)22(3)10-11-23(4)27-14-15-28-26-13-12-24-20-25(32-33(7,8)9)16-18-30(24,5)29(26)17-19-31(27,28)6/h13,21-25,27-29H,10-12,14-20H2,1-9H3. The van der Waals surface area contributed by atoms with Crippen molar-refractivity contribution in [1.82, 2.24) is 0 Å². The Morgan fingerprint density at radius 1 is 0.909 bits per heavy atom. The maximum atomic E-state index is 6.61. The molecule has 190 valence electrons. The minimum atomic E-state index is -1.44. The van der Waals surface area contributed by atoms with Gasteiger partial charge in [-0.1, -0.05) is 66.0 Å². The summed E-state index contributed by atoms with van der Waals surface area (Å²) in [5.74, 6) is 6.10. The fourth-order valence-corrected chi connectivity index (χ4v) is 10.3. The van der Waals surface area contributed by atoms with Crippen molar-refractivity contribution in [1.29, 1.82) is 0 Å². The Morgan fingerprint density at radius 2 is 1.58 bits per heavy atom. The summed E-state index contributed by atoms with van der Waals surface area (Å²) in [6.07, 6.45) is 17.4. The quantitative estimate of drug-likeness (QED) is 0.265. The van der Waals surface area contributed by atoms with Crippen LogP contribution in [0.3, 0.4) is 0 Å². The maximum absolute atomic E-state index is 6.61. The molecular weight excluding hydrogens is 416 g/mol. The van der Waals surface area contributed by atoms with E-state index in [2.05, 4.69) is 67.3 Å². The summed E-state index contributed by atoms with van der Waals surface area (Å²) in [7, 11) is -1.44. The van der Waals surface area contributed by atoms with Crippen molar-refractivity contribution in [3.63, 3.8) is 0 Å². The lowest BCUT2D eigenvalue weighted by Gasteiger charge is -2.58. The van der Waals surface area contributed by atoms with Gasteiger partial charge in [0.2, 0.25) is 0 Å². The second-order valence-corrected chi connectivity index (χ2v) is 19.3. The minimum Gasteiger partial charge on any atom is -0.415 e. The van der Waals surface area contributed by atoms with Gasteiger partial charge in [-0.3, -0.25) is 0 Å². The van der Waals surface area contributed by atoms with Crippen LogP contribution in [0.15, 0.2) is 11.6 Å². The summed E-state index contributed by atoms with van der Waals surface area (Å²) in [5.41, 5.74) is 3.02. The predicted octanol–water partition coefficient (Wildman–Crippen LogP) is 9.49. The normalized spacial score (nSPS) is 42.8. The van der Waals surface area contributed by atoms with Crippen LogP contribution in [0.25, 0.3) is 0 Å². The highest BCUT2D eigenvalue weighted by Gasteiger charge is 2.58. The Kier molecular flexibility index (Phi) is 7.42. The predicted molar refractivity (Wildman–Crippen MR) is 146 cm³/mol. The van der Waals surface area contributed by atoms with Crippen LogP contribution in [0.4, 0.5) is 0 Å². The lowest BCUT2D eigenvalue weighted by atomic mass is 9.47. The number of fused-ring (bicyclic) bond motifs is 5. The van der Waals surface area contributed by atoms with Gasteiger partial charge in [0.25, 0.3) is 0 Å². The molecule has 3 saturated carbocycles. The molecule has 4 aliphatic rings. The first-order valence-electron chi connectivity index (χ1n) is 14.7. The molecular formula is C31H56OSi. The average Bonchev–Trinajstić information content (AvgIpc) is 3.08. The molecule has 0 aromatic carbocycles. The summed E-state index contributed by atoms with van der Waals surface area (Å²) in [6, 6.07) is 0. The van der Waals surface area contributed by atoms with Crippen molar-refractivity contribution >= 4 is 8.32 Å². The number of hydrogen-bond acceptors (Lipinski definition) is 1. The average molecular weight is 473 g/mol. The fourth-order valence-electron chi connectivity index (χ4n) is 9.12. The van der Waals surface area contributed by atoms with Crippen LogP contribution in [0.5, 0.6) is 0 Å². The molecule has 0 N–H and O–H groups in total. The molecule has 0 amide bonds. The van der Waals surface area contributed by atoms with Crippen LogP contribution >= 0.6 is 0 Å². The molecule has 33 heavy (non-hydrogen) atoms. The van der Waals surface area contributed by atoms with Crippen LogP contribution in [0.1, 0.15) is 106 Å². The third-order valence-electron chi connectivity index (χ3n) is 11.5. The molecule has 4 aliphatic carbocycles. The molecule has 0 spiro atoms. The van der Waals surface area contributed by atoms with E-state index in [4.69, 9.17) is 4.43 Å².